The average Bonchev–Trinajstić information content (AvgIpc) is 2.84. The molecule has 0 saturated heterocycles. The third-order valence-corrected chi connectivity index (χ3v) is 3.82. The quantitative estimate of drug-likeness (QED) is 0.556. The Labute approximate surface area is 112 Å². The van der Waals surface area contributed by atoms with Crippen LogP contribution in [0.3, 0.4) is 0 Å². The van der Waals surface area contributed by atoms with Crippen LogP contribution in [-0.4, -0.2) is 19.9 Å². The van der Waals surface area contributed by atoms with Crippen molar-refractivity contribution in [3.63, 3.8) is 0 Å². The summed E-state index contributed by atoms with van der Waals surface area (Å²) in [5, 5.41) is 1.31. The monoisotopic (exact) mass is 277 g/mol. The first kappa shape index (κ1) is 11.3. The third-order valence-electron chi connectivity index (χ3n) is 2.41. The Morgan fingerprint density at radius 1 is 1.22 bits per heavy atom. The molecule has 0 aliphatic rings. The number of benzene rings is 1. The Kier molecular flexibility index (Phi) is 2.81. The summed E-state index contributed by atoms with van der Waals surface area (Å²) in [6.45, 7) is 0. The van der Waals surface area contributed by atoms with Gasteiger partial charge in [0.25, 0.3) is 0 Å². The number of anilines is 1. The van der Waals surface area contributed by atoms with Crippen LogP contribution in [-0.2, 0) is 0 Å². The number of nitrogens with one attached hydrogen (secondary N) is 1. The highest BCUT2D eigenvalue weighted by Crippen LogP contribution is 2.36. The smallest absolute Gasteiger partial charge is 0.181 e. The fraction of sp³-hybridized carbons (Fsp3) is 0. The van der Waals surface area contributed by atoms with E-state index in [1.54, 1.807) is 12.4 Å². The fourth-order valence-corrected chi connectivity index (χ4v) is 2.69. The van der Waals surface area contributed by atoms with E-state index in [1.807, 2.05) is 12.1 Å². The first-order chi connectivity index (χ1) is 8.75. The first-order valence-electron chi connectivity index (χ1n) is 5.11. The summed E-state index contributed by atoms with van der Waals surface area (Å²) in [7, 11) is 0. The molecule has 0 amide bonds. The van der Waals surface area contributed by atoms with Crippen molar-refractivity contribution in [1.82, 2.24) is 19.9 Å². The number of hydrogen-bond donors (Lipinski definition) is 2. The van der Waals surface area contributed by atoms with Gasteiger partial charge in [-0.2, -0.15) is 0 Å². The second kappa shape index (κ2) is 4.47. The van der Waals surface area contributed by atoms with Crippen LogP contribution in [0.4, 0.5) is 5.69 Å². The normalized spacial score (nSPS) is 10.9. The molecule has 0 spiro atoms. The van der Waals surface area contributed by atoms with Gasteiger partial charge in [-0.05, 0) is 12.1 Å². The standard InChI is InChI=1S/C11H8ClN5S/c12-6-2-1-3-7(8(6)13)18-11-9-10(15-4-14-9)16-5-17-11/h1-5H,13H2,(H,14,15,16,17). The van der Waals surface area contributed by atoms with Crippen LogP contribution in [0.25, 0.3) is 11.2 Å². The van der Waals surface area contributed by atoms with Crippen molar-refractivity contribution in [2.24, 2.45) is 0 Å². The molecular weight excluding hydrogens is 270 g/mol. The average molecular weight is 278 g/mol. The number of aromatic amines is 1. The summed E-state index contributed by atoms with van der Waals surface area (Å²) in [4.78, 5) is 16.2. The van der Waals surface area contributed by atoms with Crippen LogP contribution < -0.4 is 5.73 Å². The Bertz CT molecular complexity index is 711. The highest BCUT2D eigenvalue weighted by molar-refractivity contribution is 7.99. The maximum Gasteiger partial charge on any atom is 0.181 e. The van der Waals surface area contributed by atoms with E-state index >= 15 is 0 Å². The highest BCUT2D eigenvalue weighted by atomic mass is 35.5. The first-order valence-corrected chi connectivity index (χ1v) is 6.31. The molecule has 2 heterocycles. The lowest BCUT2D eigenvalue weighted by Crippen LogP contribution is -1.91. The fourth-order valence-electron chi connectivity index (χ4n) is 1.53. The Morgan fingerprint density at radius 3 is 3.00 bits per heavy atom. The number of aromatic nitrogens is 4. The van der Waals surface area contributed by atoms with Gasteiger partial charge in [-0.1, -0.05) is 29.4 Å². The van der Waals surface area contributed by atoms with Crippen molar-refractivity contribution in [2.75, 3.05) is 5.73 Å². The molecule has 1 aromatic carbocycles. The van der Waals surface area contributed by atoms with E-state index in [9.17, 15) is 0 Å². The molecule has 0 radical (unpaired) electrons. The van der Waals surface area contributed by atoms with E-state index in [2.05, 4.69) is 19.9 Å². The number of hydrogen-bond acceptors (Lipinski definition) is 5. The molecule has 0 atom stereocenters. The summed E-state index contributed by atoms with van der Waals surface area (Å²) in [5.74, 6) is 0. The molecule has 2 aromatic heterocycles. The van der Waals surface area contributed by atoms with Crippen molar-refractivity contribution in [2.45, 2.75) is 9.92 Å². The lowest BCUT2D eigenvalue weighted by molar-refractivity contribution is 1.08. The van der Waals surface area contributed by atoms with Gasteiger partial charge in [-0.15, -0.1) is 0 Å². The van der Waals surface area contributed by atoms with Crippen molar-refractivity contribution in [1.29, 1.82) is 0 Å². The van der Waals surface area contributed by atoms with Crippen LogP contribution in [0.5, 0.6) is 0 Å². The molecule has 0 aliphatic heterocycles. The Balaban J connectivity index is 2.06. The van der Waals surface area contributed by atoms with Crippen LogP contribution in [0, 0.1) is 0 Å². The van der Waals surface area contributed by atoms with E-state index < -0.39 is 0 Å². The van der Waals surface area contributed by atoms with Gasteiger partial charge < -0.3 is 10.7 Å². The molecular formula is C11H8ClN5S. The molecule has 3 aromatic rings. The van der Waals surface area contributed by atoms with Crippen LogP contribution in [0.2, 0.25) is 5.02 Å². The third kappa shape index (κ3) is 1.89. The summed E-state index contributed by atoms with van der Waals surface area (Å²) in [5.41, 5.74) is 7.91. The van der Waals surface area contributed by atoms with Gasteiger partial charge in [0, 0.05) is 4.90 Å². The van der Waals surface area contributed by atoms with Gasteiger partial charge in [-0.25, -0.2) is 15.0 Å². The molecule has 0 aliphatic carbocycles. The van der Waals surface area contributed by atoms with Crippen molar-refractivity contribution in [3.8, 4) is 0 Å². The molecule has 0 saturated carbocycles. The topological polar surface area (TPSA) is 80.5 Å². The number of imidazole rings is 1. The number of fused-ring (bicyclic) bond motifs is 1. The minimum absolute atomic E-state index is 0.537. The number of nitrogens with two attached hydrogens (primary N) is 1. The van der Waals surface area contributed by atoms with Gasteiger partial charge in [0.1, 0.15) is 16.9 Å². The predicted molar refractivity (Wildman–Crippen MR) is 71.7 cm³/mol. The highest BCUT2D eigenvalue weighted by Gasteiger charge is 2.10. The van der Waals surface area contributed by atoms with Crippen molar-refractivity contribution >= 4 is 40.2 Å². The van der Waals surface area contributed by atoms with Crippen LogP contribution in [0.15, 0.2) is 40.8 Å². The van der Waals surface area contributed by atoms with Crippen molar-refractivity contribution < 1.29 is 0 Å². The van der Waals surface area contributed by atoms with Gasteiger partial charge in [0.05, 0.1) is 17.0 Å². The van der Waals surface area contributed by atoms with E-state index in [1.165, 1.54) is 18.1 Å². The van der Waals surface area contributed by atoms with Gasteiger partial charge in [0.15, 0.2) is 5.65 Å². The predicted octanol–water partition coefficient (Wildman–Crippen LogP) is 2.74. The van der Waals surface area contributed by atoms with Gasteiger partial charge in [-0.3, -0.25) is 0 Å². The van der Waals surface area contributed by atoms with Crippen LogP contribution >= 0.6 is 23.4 Å². The summed E-state index contributed by atoms with van der Waals surface area (Å²) in [6, 6.07) is 5.51. The van der Waals surface area contributed by atoms with Crippen LogP contribution in [0.1, 0.15) is 0 Å². The molecule has 0 fully saturated rings. The zero-order valence-electron chi connectivity index (χ0n) is 9.09. The number of H-pyrrole nitrogens is 1. The zero-order chi connectivity index (χ0) is 12.5. The van der Waals surface area contributed by atoms with E-state index in [4.69, 9.17) is 17.3 Å². The van der Waals surface area contributed by atoms with Gasteiger partial charge in [0.2, 0.25) is 0 Å². The molecule has 3 rings (SSSR count). The second-order valence-electron chi connectivity index (χ2n) is 3.53. The Morgan fingerprint density at radius 2 is 2.11 bits per heavy atom. The maximum atomic E-state index is 5.99. The van der Waals surface area contributed by atoms with Crippen molar-refractivity contribution in [3.05, 3.63) is 35.9 Å². The molecule has 5 nitrogen and oxygen atoms in total. The number of rotatable bonds is 2. The number of para-hydroxylation sites is 1. The minimum atomic E-state index is 0.537. The molecule has 3 N–H and O–H groups in total. The van der Waals surface area contributed by atoms with E-state index in [0.29, 0.717) is 16.4 Å². The van der Waals surface area contributed by atoms with Gasteiger partial charge >= 0.3 is 0 Å². The number of nitrogen functional groups attached to an aromatic ring is 1. The molecule has 18 heavy (non-hydrogen) atoms. The molecule has 0 bridgehead atoms. The maximum absolute atomic E-state index is 5.99. The summed E-state index contributed by atoms with van der Waals surface area (Å²) < 4.78 is 0. The Hall–Kier alpha value is -1.79. The summed E-state index contributed by atoms with van der Waals surface area (Å²) in [6.07, 6.45) is 3.07. The SMILES string of the molecule is Nc1c(Cl)cccc1Sc1ncnc2nc[nH]c12. The largest absolute Gasteiger partial charge is 0.397 e. The molecule has 0 unspecified atom stereocenters. The molecule has 7 heteroatoms. The molecule has 90 valence electrons. The lowest BCUT2D eigenvalue weighted by atomic mass is 10.3. The second-order valence-corrected chi connectivity index (χ2v) is 4.97. The zero-order valence-corrected chi connectivity index (χ0v) is 10.7. The van der Waals surface area contributed by atoms with E-state index in [0.717, 1.165) is 15.4 Å². The van der Waals surface area contributed by atoms with E-state index in [-0.39, 0.29) is 0 Å². The summed E-state index contributed by atoms with van der Waals surface area (Å²) >= 11 is 7.42. The minimum Gasteiger partial charge on any atom is -0.397 e. The number of nitrogens with zero attached hydrogens (tertiary/aromatic N) is 3. The number of halogens is 1. The lowest BCUT2D eigenvalue weighted by Gasteiger charge is -2.06.